The Morgan fingerprint density at radius 3 is 2.88 bits per heavy atom. The highest BCUT2D eigenvalue weighted by molar-refractivity contribution is 6.01. The van der Waals surface area contributed by atoms with Gasteiger partial charge in [0, 0.05) is 22.6 Å². The number of fused-ring (bicyclic) bond motifs is 2. The molecule has 0 radical (unpaired) electrons. The van der Waals surface area contributed by atoms with Gasteiger partial charge in [0.05, 0.1) is 24.0 Å². The SMILES string of the molecule is NC(=O)C1c2cn[nH]c2CN1C(=O)c1cc(F)c2[nH]c(=O)ccc2c1. The van der Waals surface area contributed by atoms with Crippen LogP contribution in [0.2, 0.25) is 0 Å². The number of hydrogen-bond acceptors (Lipinski definition) is 4. The van der Waals surface area contributed by atoms with E-state index in [0.717, 1.165) is 6.07 Å². The summed E-state index contributed by atoms with van der Waals surface area (Å²) < 4.78 is 14.3. The van der Waals surface area contributed by atoms with Crippen LogP contribution in [0.3, 0.4) is 0 Å². The smallest absolute Gasteiger partial charge is 0.255 e. The standard InChI is InChI=1S/C16H12FN5O3/c17-10-4-8(3-7-1-2-12(23)20-13(7)10)16(25)22-6-11-9(5-19-21-11)14(22)15(18)24/h1-5,14H,6H2,(H2,18,24)(H,19,21)(H,20,23). The van der Waals surface area contributed by atoms with Gasteiger partial charge in [-0.25, -0.2) is 4.39 Å². The van der Waals surface area contributed by atoms with E-state index >= 15 is 0 Å². The van der Waals surface area contributed by atoms with Crippen molar-refractivity contribution in [2.24, 2.45) is 5.73 Å². The number of H-pyrrole nitrogens is 2. The number of nitrogens with one attached hydrogen (secondary N) is 2. The van der Waals surface area contributed by atoms with Gasteiger partial charge >= 0.3 is 0 Å². The molecule has 3 heterocycles. The van der Waals surface area contributed by atoms with Crippen LogP contribution in [-0.2, 0) is 11.3 Å². The van der Waals surface area contributed by atoms with Crippen molar-refractivity contribution in [1.29, 1.82) is 0 Å². The molecule has 1 aromatic carbocycles. The van der Waals surface area contributed by atoms with Crippen molar-refractivity contribution in [3.05, 3.63) is 63.5 Å². The molecule has 1 aliphatic rings. The molecule has 126 valence electrons. The largest absolute Gasteiger partial charge is 0.368 e. The second kappa shape index (κ2) is 5.26. The van der Waals surface area contributed by atoms with Gasteiger partial charge in [0.1, 0.15) is 11.9 Å². The highest BCUT2D eigenvalue weighted by atomic mass is 19.1. The highest BCUT2D eigenvalue weighted by Crippen LogP contribution is 2.33. The van der Waals surface area contributed by atoms with E-state index in [2.05, 4.69) is 15.2 Å². The fraction of sp³-hybridized carbons (Fsp3) is 0.125. The number of aromatic amines is 2. The summed E-state index contributed by atoms with van der Waals surface area (Å²) in [6.45, 7) is 0.118. The second-order valence-corrected chi connectivity index (χ2v) is 5.79. The number of halogens is 1. The van der Waals surface area contributed by atoms with Crippen LogP contribution in [0.5, 0.6) is 0 Å². The number of carbonyl (C=O) groups is 2. The lowest BCUT2D eigenvalue weighted by Crippen LogP contribution is -2.37. The molecule has 0 fully saturated rings. The summed E-state index contributed by atoms with van der Waals surface area (Å²) in [5, 5.41) is 6.94. The van der Waals surface area contributed by atoms with Gasteiger partial charge in [-0.1, -0.05) is 0 Å². The zero-order chi connectivity index (χ0) is 17.7. The third-order valence-electron chi connectivity index (χ3n) is 4.25. The van der Waals surface area contributed by atoms with Crippen LogP contribution in [0.1, 0.15) is 27.7 Å². The third-order valence-corrected chi connectivity index (χ3v) is 4.25. The molecule has 1 aliphatic heterocycles. The molecule has 4 rings (SSSR count). The molecule has 9 heteroatoms. The molecule has 2 amide bonds. The fourth-order valence-electron chi connectivity index (χ4n) is 3.12. The molecule has 2 aromatic heterocycles. The number of pyridine rings is 1. The number of amides is 2. The number of carbonyl (C=O) groups excluding carboxylic acids is 2. The summed E-state index contributed by atoms with van der Waals surface area (Å²) in [6.07, 6.45) is 1.45. The maximum Gasteiger partial charge on any atom is 0.255 e. The molecule has 0 spiro atoms. The molecule has 0 saturated heterocycles. The van der Waals surface area contributed by atoms with Gasteiger partial charge in [-0.2, -0.15) is 5.10 Å². The van der Waals surface area contributed by atoms with Crippen LogP contribution in [0.25, 0.3) is 10.9 Å². The van der Waals surface area contributed by atoms with E-state index in [1.807, 2.05) is 0 Å². The summed E-state index contributed by atoms with van der Waals surface area (Å²) in [4.78, 5) is 39.6. The molecule has 0 aliphatic carbocycles. The van der Waals surface area contributed by atoms with E-state index in [9.17, 15) is 18.8 Å². The first-order valence-corrected chi connectivity index (χ1v) is 7.40. The Labute approximate surface area is 139 Å². The van der Waals surface area contributed by atoms with E-state index in [1.54, 1.807) is 0 Å². The maximum atomic E-state index is 14.3. The number of rotatable bonds is 2. The Balaban J connectivity index is 1.77. The van der Waals surface area contributed by atoms with Gasteiger partial charge in [-0.3, -0.25) is 19.5 Å². The number of benzene rings is 1. The molecule has 4 N–H and O–H groups in total. The normalized spacial score (nSPS) is 16.2. The number of primary amides is 1. The van der Waals surface area contributed by atoms with Crippen LogP contribution in [0.15, 0.2) is 35.3 Å². The van der Waals surface area contributed by atoms with Crippen molar-refractivity contribution in [3.63, 3.8) is 0 Å². The fourth-order valence-corrected chi connectivity index (χ4v) is 3.12. The first-order chi connectivity index (χ1) is 12.0. The lowest BCUT2D eigenvalue weighted by atomic mass is 10.1. The number of nitrogens with zero attached hydrogens (tertiary/aromatic N) is 2. The Kier molecular flexibility index (Phi) is 3.17. The summed E-state index contributed by atoms with van der Waals surface area (Å²) in [5.74, 6) is -1.96. The van der Waals surface area contributed by atoms with Crippen molar-refractivity contribution >= 4 is 22.7 Å². The van der Waals surface area contributed by atoms with Crippen molar-refractivity contribution in [2.75, 3.05) is 0 Å². The zero-order valence-electron chi connectivity index (χ0n) is 12.7. The predicted molar refractivity (Wildman–Crippen MR) is 84.9 cm³/mol. The molecular formula is C16H12FN5O3. The van der Waals surface area contributed by atoms with Gasteiger partial charge in [0.2, 0.25) is 11.5 Å². The summed E-state index contributed by atoms with van der Waals surface area (Å²) in [6, 6.07) is 4.20. The van der Waals surface area contributed by atoms with Crippen molar-refractivity contribution in [3.8, 4) is 0 Å². The van der Waals surface area contributed by atoms with E-state index in [-0.39, 0.29) is 17.6 Å². The molecule has 0 saturated carbocycles. The molecule has 1 atom stereocenters. The molecular weight excluding hydrogens is 329 g/mol. The van der Waals surface area contributed by atoms with Crippen molar-refractivity contribution in [2.45, 2.75) is 12.6 Å². The van der Waals surface area contributed by atoms with Gasteiger partial charge < -0.3 is 15.6 Å². The number of hydrogen-bond donors (Lipinski definition) is 3. The van der Waals surface area contributed by atoms with Crippen LogP contribution in [0, 0.1) is 5.82 Å². The van der Waals surface area contributed by atoms with Crippen LogP contribution in [0.4, 0.5) is 4.39 Å². The van der Waals surface area contributed by atoms with E-state index < -0.39 is 29.2 Å². The van der Waals surface area contributed by atoms with Crippen LogP contribution < -0.4 is 11.3 Å². The van der Waals surface area contributed by atoms with E-state index in [1.165, 1.54) is 29.3 Å². The Morgan fingerprint density at radius 1 is 1.32 bits per heavy atom. The second-order valence-electron chi connectivity index (χ2n) is 5.79. The lowest BCUT2D eigenvalue weighted by Gasteiger charge is -2.22. The van der Waals surface area contributed by atoms with E-state index in [4.69, 9.17) is 5.73 Å². The average Bonchev–Trinajstić information content (AvgIpc) is 3.14. The summed E-state index contributed by atoms with van der Waals surface area (Å²) >= 11 is 0. The molecule has 1 unspecified atom stereocenters. The molecule has 25 heavy (non-hydrogen) atoms. The summed E-state index contributed by atoms with van der Waals surface area (Å²) in [7, 11) is 0. The Morgan fingerprint density at radius 2 is 2.12 bits per heavy atom. The minimum Gasteiger partial charge on any atom is -0.368 e. The van der Waals surface area contributed by atoms with Gasteiger partial charge in [-0.15, -0.1) is 0 Å². The highest BCUT2D eigenvalue weighted by Gasteiger charge is 2.39. The first kappa shape index (κ1) is 15.1. The predicted octanol–water partition coefficient (Wildman–Crippen LogP) is 0.573. The average molecular weight is 341 g/mol. The minimum atomic E-state index is -0.962. The maximum absolute atomic E-state index is 14.3. The first-order valence-electron chi connectivity index (χ1n) is 7.40. The topological polar surface area (TPSA) is 125 Å². The van der Waals surface area contributed by atoms with Crippen LogP contribution in [-0.4, -0.2) is 31.9 Å². The molecule has 3 aromatic rings. The molecule has 0 bridgehead atoms. The quantitative estimate of drug-likeness (QED) is 0.630. The minimum absolute atomic E-state index is 0.0198. The molecule has 8 nitrogen and oxygen atoms in total. The van der Waals surface area contributed by atoms with Crippen LogP contribution >= 0.6 is 0 Å². The third kappa shape index (κ3) is 2.28. The zero-order valence-corrected chi connectivity index (χ0v) is 12.7. The Bertz CT molecular complexity index is 1090. The Hall–Kier alpha value is -3.49. The van der Waals surface area contributed by atoms with Gasteiger partial charge in [0.25, 0.3) is 5.91 Å². The van der Waals surface area contributed by atoms with Gasteiger partial charge in [-0.05, 0) is 18.2 Å². The monoisotopic (exact) mass is 341 g/mol. The van der Waals surface area contributed by atoms with E-state index in [0.29, 0.717) is 16.6 Å². The number of nitrogens with two attached hydrogens (primary N) is 1. The number of aromatic nitrogens is 3. The summed E-state index contributed by atoms with van der Waals surface area (Å²) in [5.41, 5.74) is 6.21. The van der Waals surface area contributed by atoms with Crippen molar-refractivity contribution in [1.82, 2.24) is 20.1 Å². The van der Waals surface area contributed by atoms with Crippen molar-refractivity contribution < 1.29 is 14.0 Å². The lowest BCUT2D eigenvalue weighted by molar-refractivity contribution is -0.122. The van der Waals surface area contributed by atoms with Gasteiger partial charge in [0.15, 0.2) is 0 Å².